The van der Waals surface area contributed by atoms with Gasteiger partial charge >= 0.3 is 0 Å². The summed E-state index contributed by atoms with van der Waals surface area (Å²) >= 11 is 0. The molecule has 1 aliphatic rings. The van der Waals surface area contributed by atoms with Gasteiger partial charge in [-0.25, -0.2) is 0 Å². The van der Waals surface area contributed by atoms with Crippen LogP contribution in [-0.2, 0) is 4.79 Å². The van der Waals surface area contributed by atoms with Crippen molar-refractivity contribution >= 4 is 5.78 Å². The highest BCUT2D eigenvalue weighted by Gasteiger charge is 2.36. The fourth-order valence-electron chi connectivity index (χ4n) is 1.42. The Morgan fingerprint density at radius 2 is 2.00 bits per heavy atom. The Balaban J connectivity index is 2.98. The van der Waals surface area contributed by atoms with Gasteiger partial charge in [-0.05, 0) is 5.41 Å². The van der Waals surface area contributed by atoms with Crippen LogP contribution in [0.4, 0.5) is 0 Å². The summed E-state index contributed by atoms with van der Waals surface area (Å²) in [5.41, 5.74) is 0.0284. The van der Waals surface area contributed by atoms with Gasteiger partial charge in [0.25, 0.3) is 0 Å². The molecule has 0 saturated carbocycles. The normalized spacial score (nSPS) is 33.5. The van der Waals surface area contributed by atoms with Gasteiger partial charge in [-0.15, -0.1) is 0 Å². The summed E-state index contributed by atoms with van der Waals surface area (Å²) in [6.07, 6.45) is 0.439. The Bertz CT molecular complexity index is 252. The second-order valence-electron chi connectivity index (χ2n) is 4.23. The number of ketones is 1. The molecule has 0 saturated heterocycles. The molecule has 0 radical (unpaired) electrons. The Hall–Kier alpha value is -0.770. The molecule has 0 heterocycles. The van der Waals surface area contributed by atoms with E-state index in [1.165, 1.54) is 0 Å². The monoisotopic (exact) mass is 164 g/mol. The predicted molar refractivity (Wildman–Crippen MR) is 49.5 cm³/mol. The summed E-state index contributed by atoms with van der Waals surface area (Å²) in [5, 5.41) is 0. The molecule has 0 bridgehead atoms. The molecule has 0 aromatic heterocycles. The lowest BCUT2D eigenvalue weighted by atomic mass is 9.70. The third-order valence-corrected chi connectivity index (χ3v) is 3.30. The van der Waals surface area contributed by atoms with Crippen LogP contribution < -0.4 is 0 Å². The molecule has 2 atom stereocenters. The van der Waals surface area contributed by atoms with Crippen molar-refractivity contribution < 1.29 is 4.79 Å². The van der Waals surface area contributed by atoms with Gasteiger partial charge in [0, 0.05) is 11.8 Å². The highest BCUT2D eigenvalue weighted by Crippen LogP contribution is 2.36. The number of hydrogen-bond donors (Lipinski definition) is 0. The number of Topliss-reactive ketones (excluding diaryl/α,β-unsaturated/α-hetero) is 1. The van der Waals surface area contributed by atoms with Crippen molar-refractivity contribution in [2.24, 2.45) is 17.3 Å². The zero-order valence-corrected chi connectivity index (χ0v) is 8.27. The molecule has 0 fully saturated rings. The van der Waals surface area contributed by atoms with Gasteiger partial charge in [0.1, 0.15) is 5.78 Å². The fraction of sp³-hybridized carbons (Fsp3) is 0.727. The average molecular weight is 164 g/mol. The van der Waals surface area contributed by atoms with Gasteiger partial charge in [0.15, 0.2) is 0 Å². The Kier molecular flexibility index (Phi) is 2.28. The van der Waals surface area contributed by atoms with Crippen molar-refractivity contribution in [3.05, 3.63) is 0 Å². The van der Waals surface area contributed by atoms with E-state index < -0.39 is 0 Å². The van der Waals surface area contributed by atoms with E-state index in [-0.39, 0.29) is 17.1 Å². The standard InChI is InChI=1S/C11H16O/c1-8-6-5-7-10(12)9(2)11(8,3)4/h8-9H,7H2,1-4H3. The van der Waals surface area contributed by atoms with Crippen LogP contribution in [0.25, 0.3) is 0 Å². The van der Waals surface area contributed by atoms with Crippen molar-refractivity contribution in [3.8, 4) is 11.8 Å². The molecule has 66 valence electrons. The van der Waals surface area contributed by atoms with Crippen LogP contribution in [0.15, 0.2) is 0 Å². The quantitative estimate of drug-likeness (QED) is 0.502. The van der Waals surface area contributed by atoms with Gasteiger partial charge in [-0.2, -0.15) is 0 Å². The lowest BCUT2D eigenvalue weighted by Crippen LogP contribution is -2.32. The van der Waals surface area contributed by atoms with Crippen molar-refractivity contribution in [2.75, 3.05) is 0 Å². The maximum atomic E-state index is 11.5. The van der Waals surface area contributed by atoms with E-state index in [0.717, 1.165) is 0 Å². The van der Waals surface area contributed by atoms with Gasteiger partial charge in [0.05, 0.1) is 6.42 Å². The van der Waals surface area contributed by atoms with E-state index in [1.807, 2.05) is 6.92 Å². The van der Waals surface area contributed by atoms with E-state index in [4.69, 9.17) is 0 Å². The molecule has 1 nitrogen and oxygen atoms in total. The highest BCUT2D eigenvalue weighted by atomic mass is 16.1. The van der Waals surface area contributed by atoms with Crippen molar-refractivity contribution in [1.29, 1.82) is 0 Å². The topological polar surface area (TPSA) is 17.1 Å². The average Bonchev–Trinajstić information content (AvgIpc) is 2.07. The number of carbonyl (C=O) groups is 1. The van der Waals surface area contributed by atoms with Gasteiger partial charge in [-0.1, -0.05) is 39.5 Å². The molecular formula is C11H16O. The first-order valence-corrected chi connectivity index (χ1v) is 4.47. The predicted octanol–water partition coefficient (Wildman–Crippen LogP) is 2.26. The summed E-state index contributed by atoms with van der Waals surface area (Å²) in [5.74, 6) is 6.79. The maximum Gasteiger partial charge on any atom is 0.148 e. The zero-order chi connectivity index (χ0) is 9.35. The van der Waals surface area contributed by atoms with E-state index in [2.05, 4.69) is 32.6 Å². The minimum atomic E-state index is 0.0284. The molecule has 1 rings (SSSR count). The van der Waals surface area contributed by atoms with E-state index in [0.29, 0.717) is 12.3 Å². The summed E-state index contributed by atoms with van der Waals surface area (Å²) in [6, 6.07) is 0. The molecule has 0 aromatic rings. The minimum Gasteiger partial charge on any atom is -0.298 e. The van der Waals surface area contributed by atoms with Crippen LogP contribution in [-0.4, -0.2) is 5.78 Å². The molecular weight excluding hydrogens is 148 g/mol. The minimum absolute atomic E-state index is 0.0284. The van der Waals surface area contributed by atoms with Crippen LogP contribution in [0.5, 0.6) is 0 Å². The first-order valence-electron chi connectivity index (χ1n) is 4.47. The van der Waals surface area contributed by atoms with Crippen LogP contribution >= 0.6 is 0 Å². The van der Waals surface area contributed by atoms with Crippen molar-refractivity contribution in [3.63, 3.8) is 0 Å². The molecule has 0 aliphatic heterocycles. The zero-order valence-electron chi connectivity index (χ0n) is 8.27. The molecule has 12 heavy (non-hydrogen) atoms. The largest absolute Gasteiger partial charge is 0.298 e. The number of rotatable bonds is 0. The molecule has 2 unspecified atom stereocenters. The number of carbonyl (C=O) groups excluding carboxylic acids is 1. The summed E-state index contributed by atoms with van der Waals surface area (Å²) in [6.45, 7) is 8.36. The third-order valence-electron chi connectivity index (χ3n) is 3.30. The lowest BCUT2D eigenvalue weighted by Gasteiger charge is -2.32. The third kappa shape index (κ3) is 1.39. The van der Waals surface area contributed by atoms with E-state index in [1.54, 1.807) is 0 Å². The van der Waals surface area contributed by atoms with Crippen molar-refractivity contribution in [2.45, 2.75) is 34.1 Å². The smallest absolute Gasteiger partial charge is 0.148 e. The molecule has 1 aliphatic carbocycles. The second-order valence-corrected chi connectivity index (χ2v) is 4.23. The molecule has 0 amide bonds. The second kappa shape index (κ2) is 2.94. The Labute approximate surface area is 74.5 Å². The Morgan fingerprint density at radius 1 is 1.42 bits per heavy atom. The van der Waals surface area contributed by atoms with Gasteiger partial charge in [0.2, 0.25) is 0 Å². The van der Waals surface area contributed by atoms with Crippen LogP contribution in [0.1, 0.15) is 34.1 Å². The first-order chi connectivity index (χ1) is 5.46. The lowest BCUT2D eigenvalue weighted by molar-refractivity contribution is -0.125. The summed E-state index contributed by atoms with van der Waals surface area (Å²) < 4.78 is 0. The fourth-order valence-corrected chi connectivity index (χ4v) is 1.42. The molecule has 1 heteroatoms. The molecule has 0 aromatic carbocycles. The van der Waals surface area contributed by atoms with Crippen LogP contribution in [0, 0.1) is 29.1 Å². The van der Waals surface area contributed by atoms with Crippen LogP contribution in [0.2, 0.25) is 0 Å². The van der Waals surface area contributed by atoms with Gasteiger partial charge in [-0.3, -0.25) is 4.79 Å². The molecule has 0 spiro atoms. The van der Waals surface area contributed by atoms with E-state index in [9.17, 15) is 4.79 Å². The maximum absolute atomic E-state index is 11.5. The first kappa shape index (κ1) is 9.32. The number of hydrogen-bond acceptors (Lipinski definition) is 1. The van der Waals surface area contributed by atoms with Gasteiger partial charge < -0.3 is 0 Å². The van der Waals surface area contributed by atoms with Crippen LogP contribution in [0.3, 0.4) is 0 Å². The Morgan fingerprint density at radius 3 is 2.58 bits per heavy atom. The summed E-state index contributed by atoms with van der Waals surface area (Å²) in [4.78, 5) is 11.5. The van der Waals surface area contributed by atoms with Crippen molar-refractivity contribution in [1.82, 2.24) is 0 Å². The SMILES string of the molecule is CC1C#CCC(=O)C(C)C1(C)C. The summed E-state index contributed by atoms with van der Waals surface area (Å²) in [7, 11) is 0. The molecule has 0 N–H and O–H groups in total. The van der Waals surface area contributed by atoms with E-state index >= 15 is 0 Å². The highest BCUT2D eigenvalue weighted by molar-refractivity contribution is 5.84.